The summed E-state index contributed by atoms with van der Waals surface area (Å²) in [5.41, 5.74) is 0.812. The Hall–Kier alpha value is -3.12. The summed E-state index contributed by atoms with van der Waals surface area (Å²) < 4.78 is 34.5. The van der Waals surface area contributed by atoms with E-state index in [-0.39, 0.29) is 22.8 Å². The molecule has 180 valence electrons. The molecule has 0 unspecified atom stereocenters. The van der Waals surface area contributed by atoms with E-state index in [1.165, 1.54) is 35.1 Å². The summed E-state index contributed by atoms with van der Waals surface area (Å²) in [6.45, 7) is 4.24. The largest absolute Gasteiger partial charge is 0.379 e. The predicted molar refractivity (Wildman–Crippen MR) is 128 cm³/mol. The lowest BCUT2D eigenvalue weighted by Crippen LogP contribution is -2.38. The summed E-state index contributed by atoms with van der Waals surface area (Å²) in [6, 6.07) is 12.9. The minimum atomic E-state index is -3.64. The smallest absolute Gasteiger partial charge is 0.246 e. The van der Waals surface area contributed by atoms with E-state index in [1.54, 1.807) is 24.3 Å². The van der Waals surface area contributed by atoms with Gasteiger partial charge in [0.05, 0.1) is 29.8 Å². The number of rotatable bonds is 9. The summed E-state index contributed by atoms with van der Waals surface area (Å²) >= 11 is 0. The third-order valence-electron chi connectivity index (χ3n) is 5.55. The number of para-hydroxylation sites is 1. The molecular weight excluding hydrogens is 458 g/mol. The van der Waals surface area contributed by atoms with Gasteiger partial charge in [0.25, 0.3) is 0 Å². The van der Waals surface area contributed by atoms with Crippen molar-refractivity contribution in [3.8, 4) is 0 Å². The van der Waals surface area contributed by atoms with Gasteiger partial charge in [0, 0.05) is 30.7 Å². The van der Waals surface area contributed by atoms with E-state index in [9.17, 15) is 18.0 Å². The Kier molecular flexibility index (Phi) is 7.68. The van der Waals surface area contributed by atoms with Crippen molar-refractivity contribution in [1.82, 2.24) is 19.4 Å². The van der Waals surface area contributed by atoms with Crippen LogP contribution in [0.4, 0.5) is 5.69 Å². The summed E-state index contributed by atoms with van der Waals surface area (Å²) in [6.07, 6.45) is 1.89. The molecule has 1 aliphatic heterocycles. The SMILES string of the molecule is O=C(Cn1ncc(=O)c2ccccc21)Nc1ccc(S(=O)(=O)NCCCN2CCOCC2)cc1. The lowest BCUT2D eigenvalue weighted by atomic mass is 10.2. The third-order valence-corrected chi connectivity index (χ3v) is 7.03. The number of nitrogens with one attached hydrogen (secondary N) is 2. The first-order valence-corrected chi connectivity index (χ1v) is 12.6. The van der Waals surface area contributed by atoms with E-state index in [2.05, 4.69) is 20.0 Å². The Balaban J connectivity index is 1.31. The number of morpholine rings is 1. The molecule has 1 fully saturated rings. The maximum absolute atomic E-state index is 12.5. The normalized spacial score (nSPS) is 14.8. The summed E-state index contributed by atoms with van der Waals surface area (Å²) in [7, 11) is -3.64. The molecule has 3 aromatic rings. The zero-order chi connectivity index (χ0) is 24.0. The number of hydrogen-bond donors (Lipinski definition) is 2. The fraction of sp³-hybridized carbons (Fsp3) is 0.348. The topological polar surface area (TPSA) is 123 Å². The summed E-state index contributed by atoms with van der Waals surface area (Å²) in [5, 5.41) is 7.26. The highest BCUT2D eigenvalue weighted by Gasteiger charge is 2.15. The molecule has 2 heterocycles. The Bertz CT molecular complexity index is 1300. The molecule has 0 atom stereocenters. The number of carbonyl (C=O) groups is 1. The number of hydrogen-bond acceptors (Lipinski definition) is 7. The summed E-state index contributed by atoms with van der Waals surface area (Å²) in [4.78, 5) is 26.8. The quantitative estimate of drug-likeness (QED) is 0.434. The average Bonchev–Trinajstić information content (AvgIpc) is 2.85. The molecule has 4 rings (SSSR count). The Labute approximate surface area is 197 Å². The van der Waals surface area contributed by atoms with E-state index in [4.69, 9.17) is 4.74 Å². The highest BCUT2D eigenvalue weighted by atomic mass is 32.2. The van der Waals surface area contributed by atoms with Gasteiger partial charge in [-0.05, 0) is 49.4 Å². The van der Waals surface area contributed by atoms with Crippen molar-refractivity contribution >= 4 is 32.5 Å². The van der Waals surface area contributed by atoms with Crippen LogP contribution in [-0.4, -0.2) is 68.4 Å². The second-order valence-corrected chi connectivity index (χ2v) is 9.73. The average molecular weight is 486 g/mol. The number of sulfonamides is 1. The van der Waals surface area contributed by atoms with Crippen LogP contribution >= 0.6 is 0 Å². The molecule has 2 aromatic carbocycles. The zero-order valence-corrected chi connectivity index (χ0v) is 19.5. The van der Waals surface area contributed by atoms with Gasteiger partial charge in [-0.3, -0.25) is 19.2 Å². The molecule has 11 heteroatoms. The molecule has 0 radical (unpaired) electrons. The van der Waals surface area contributed by atoms with Crippen LogP contribution in [0, 0.1) is 0 Å². The number of amides is 1. The van der Waals surface area contributed by atoms with E-state index >= 15 is 0 Å². The molecule has 0 bridgehead atoms. The molecular formula is C23H27N5O5S. The molecule has 0 spiro atoms. The second-order valence-electron chi connectivity index (χ2n) is 7.96. The van der Waals surface area contributed by atoms with Crippen molar-refractivity contribution in [1.29, 1.82) is 0 Å². The number of anilines is 1. The summed E-state index contributed by atoms with van der Waals surface area (Å²) in [5.74, 6) is -0.349. The molecule has 2 N–H and O–H groups in total. The molecule has 1 amide bonds. The Morgan fingerprint density at radius 1 is 1.06 bits per heavy atom. The van der Waals surface area contributed by atoms with Crippen molar-refractivity contribution < 1.29 is 17.9 Å². The van der Waals surface area contributed by atoms with Crippen molar-refractivity contribution in [2.24, 2.45) is 0 Å². The minimum Gasteiger partial charge on any atom is -0.379 e. The zero-order valence-electron chi connectivity index (χ0n) is 18.6. The van der Waals surface area contributed by atoms with Crippen molar-refractivity contribution in [2.45, 2.75) is 17.9 Å². The van der Waals surface area contributed by atoms with Gasteiger partial charge >= 0.3 is 0 Å². The lowest BCUT2D eigenvalue weighted by molar-refractivity contribution is -0.116. The van der Waals surface area contributed by atoms with Crippen molar-refractivity contribution in [3.05, 3.63) is 65.0 Å². The second kappa shape index (κ2) is 10.9. The van der Waals surface area contributed by atoms with Crippen LogP contribution in [0.5, 0.6) is 0 Å². The van der Waals surface area contributed by atoms with Gasteiger partial charge in [0.1, 0.15) is 6.54 Å². The number of fused-ring (bicyclic) bond motifs is 1. The number of ether oxygens (including phenoxy) is 1. The van der Waals surface area contributed by atoms with Crippen LogP contribution in [0.2, 0.25) is 0 Å². The van der Waals surface area contributed by atoms with E-state index in [0.717, 1.165) is 19.6 Å². The monoisotopic (exact) mass is 485 g/mol. The molecule has 0 saturated carbocycles. The third kappa shape index (κ3) is 6.06. The van der Waals surface area contributed by atoms with Crippen molar-refractivity contribution in [3.63, 3.8) is 0 Å². The Morgan fingerprint density at radius 3 is 2.56 bits per heavy atom. The van der Waals surface area contributed by atoms with Gasteiger partial charge in [-0.15, -0.1) is 0 Å². The molecule has 10 nitrogen and oxygen atoms in total. The first-order chi connectivity index (χ1) is 16.4. The van der Waals surface area contributed by atoms with E-state index in [1.807, 2.05) is 0 Å². The molecule has 1 aliphatic rings. The highest BCUT2D eigenvalue weighted by molar-refractivity contribution is 7.89. The fourth-order valence-corrected chi connectivity index (χ4v) is 4.83. The van der Waals surface area contributed by atoms with Crippen LogP contribution in [0.15, 0.2) is 64.4 Å². The number of carbonyl (C=O) groups excluding carboxylic acids is 1. The van der Waals surface area contributed by atoms with Crippen molar-refractivity contribution in [2.75, 3.05) is 44.7 Å². The van der Waals surface area contributed by atoms with Gasteiger partial charge < -0.3 is 10.1 Å². The lowest BCUT2D eigenvalue weighted by Gasteiger charge is -2.26. The first-order valence-electron chi connectivity index (χ1n) is 11.1. The van der Waals surface area contributed by atoms with Gasteiger partial charge in [-0.1, -0.05) is 12.1 Å². The fourth-order valence-electron chi connectivity index (χ4n) is 3.76. The number of nitrogens with zero attached hydrogens (tertiary/aromatic N) is 3. The number of benzene rings is 2. The van der Waals surface area contributed by atoms with Gasteiger partial charge in [-0.25, -0.2) is 13.1 Å². The minimum absolute atomic E-state index is 0.0917. The van der Waals surface area contributed by atoms with Gasteiger partial charge in [0.15, 0.2) is 0 Å². The first kappa shape index (κ1) is 24.0. The molecule has 0 aliphatic carbocycles. The highest BCUT2D eigenvalue weighted by Crippen LogP contribution is 2.15. The maximum atomic E-state index is 12.5. The maximum Gasteiger partial charge on any atom is 0.246 e. The molecule has 1 aromatic heterocycles. The van der Waals surface area contributed by atoms with E-state index in [0.29, 0.717) is 42.8 Å². The van der Waals surface area contributed by atoms with E-state index < -0.39 is 10.0 Å². The van der Waals surface area contributed by atoms with Gasteiger partial charge in [-0.2, -0.15) is 5.10 Å². The predicted octanol–water partition coefficient (Wildman–Crippen LogP) is 1.04. The van der Waals surface area contributed by atoms with Crippen LogP contribution in [0.1, 0.15) is 6.42 Å². The number of aromatic nitrogens is 2. The Morgan fingerprint density at radius 2 is 1.79 bits per heavy atom. The van der Waals surface area contributed by atoms with Gasteiger partial charge in [0.2, 0.25) is 21.4 Å². The van der Waals surface area contributed by atoms with Crippen LogP contribution in [-0.2, 0) is 26.1 Å². The molecule has 34 heavy (non-hydrogen) atoms. The van der Waals surface area contributed by atoms with Crippen LogP contribution in [0.3, 0.4) is 0 Å². The molecule has 1 saturated heterocycles. The van der Waals surface area contributed by atoms with Crippen LogP contribution < -0.4 is 15.5 Å². The standard InChI is InChI=1S/C23H27N5O5S/c29-22-16-24-28(21-5-2-1-4-20(21)22)17-23(30)26-18-6-8-19(9-7-18)34(31,32)25-10-3-11-27-12-14-33-15-13-27/h1-2,4-9,16,25H,3,10-15,17H2,(H,26,30). The van der Waals surface area contributed by atoms with Crippen LogP contribution in [0.25, 0.3) is 10.9 Å².